The maximum Gasteiger partial charge on any atom is 0.416 e. The van der Waals surface area contributed by atoms with E-state index in [0.29, 0.717) is 31.9 Å². The molecule has 0 aromatic heterocycles. The van der Waals surface area contributed by atoms with Gasteiger partial charge in [0, 0.05) is 31.9 Å². The second kappa shape index (κ2) is 7.07. The third kappa shape index (κ3) is 3.88. The fraction of sp³-hybridized carbons (Fsp3) is 0.278. The molecule has 4 nitrogen and oxygen atoms in total. The molecule has 1 fully saturated rings. The van der Waals surface area contributed by atoms with E-state index in [1.54, 1.807) is 12.1 Å². The summed E-state index contributed by atoms with van der Waals surface area (Å²) >= 11 is 6.10. The van der Waals surface area contributed by atoms with Crippen LogP contribution in [0.25, 0.3) is 0 Å². The Morgan fingerprint density at radius 1 is 0.962 bits per heavy atom. The minimum absolute atomic E-state index is 0.211. The first-order chi connectivity index (χ1) is 12.3. The molecule has 0 radical (unpaired) electrons. The number of aromatic carboxylic acids is 1. The van der Waals surface area contributed by atoms with Crippen LogP contribution in [0, 0.1) is 0 Å². The van der Waals surface area contributed by atoms with Crippen LogP contribution in [0.4, 0.5) is 24.5 Å². The predicted octanol–water partition coefficient (Wildman–Crippen LogP) is 4.38. The Bertz CT molecular complexity index is 801. The van der Waals surface area contributed by atoms with E-state index in [-0.39, 0.29) is 10.6 Å². The Morgan fingerprint density at radius 2 is 1.54 bits per heavy atom. The van der Waals surface area contributed by atoms with Gasteiger partial charge in [0.15, 0.2) is 0 Å². The van der Waals surface area contributed by atoms with Crippen LogP contribution < -0.4 is 9.80 Å². The van der Waals surface area contributed by atoms with Crippen LogP contribution in [0.3, 0.4) is 0 Å². The minimum atomic E-state index is -4.41. The number of halogens is 4. The molecule has 1 N–H and O–H groups in total. The molecule has 26 heavy (non-hydrogen) atoms. The third-order valence-corrected chi connectivity index (χ3v) is 4.69. The van der Waals surface area contributed by atoms with Gasteiger partial charge in [0.25, 0.3) is 0 Å². The van der Waals surface area contributed by atoms with Gasteiger partial charge in [0.05, 0.1) is 21.8 Å². The molecule has 0 amide bonds. The zero-order chi connectivity index (χ0) is 18.9. The Morgan fingerprint density at radius 3 is 2.08 bits per heavy atom. The molecule has 0 saturated carbocycles. The molecule has 0 unspecified atom stereocenters. The predicted molar refractivity (Wildman–Crippen MR) is 94.3 cm³/mol. The molecule has 2 aromatic carbocycles. The monoisotopic (exact) mass is 384 g/mol. The lowest BCUT2D eigenvalue weighted by Gasteiger charge is -2.38. The molecule has 2 aromatic rings. The fourth-order valence-corrected chi connectivity index (χ4v) is 3.19. The number of carboxylic acid groups (broad SMARTS) is 1. The first-order valence-corrected chi connectivity index (χ1v) is 8.33. The highest BCUT2D eigenvalue weighted by atomic mass is 35.5. The van der Waals surface area contributed by atoms with Gasteiger partial charge < -0.3 is 14.9 Å². The molecule has 1 heterocycles. The van der Waals surface area contributed by atoms with Crippen molar-refractivity contribution in [1.29, 1.82) is 0 Å². The van der Waals surface area contributed by atoms with Crippen molar-refractivity contribution in [2.45, 2.75) is 6.18 Å². The molecule has 3 rings (SSSR count). The lowest BCUT2D eigenvalue weighted by atomic mass is 10.1. The van der Waals surface area contributed by atoms with Gasteiger partial charge in [-0.2, -0.15) is 13.2 Å². The molecule has 0 aliphatic carbocycles. The number of piperazine rings is 1. The molecule has 8 heteroatoms. The summed E-state index contributed by atoms with van der Waals surface area (Å²) in [5, 5.41) is 9.23. The van der Waals surface area contributed by atoms with Crippen molar-refractivity contribution in [3.8, 4) is 0 Å². The van der Waals surface area contributed by atoms with Gasteiger partial charge in [-0.15, -0.1) is 0 Å². The van der Waals surface area contributed by atoms with Crippen LogP contribution in [0.1, 0.15) is 15.9 Å². The van der Waals surface area contributed by atoms with Crippen molar-refractivity contribution in [2.75, 3.05) is 36.0 Å². The van der Waals surface area contributed by atoms with Gasteiger partial charge in [-0.25, -0.2) is 4.79 Å². The summed E-state index contributed by atoms with van der Waals surface area (Å²) in [6.07, 6.45) is -4.41. The highest BCUT2D eigenvalue weighted by molar-refractivity contribution is 6.33. The highest BCUT2D eigenvalue weighted by Crippen LogP contribution is 2.36. The van der Waals surface area contributed by atoms with Crippen LogP contribution in [-0.4, -0.2) is 37.3 Å². The maximum absolute atomic E-state index is 12.9. The van der Waals surface area contributed by atoms with Gasteiger partial charge in [-0.05, 0) is 42.5 Å². The molecule has 0 atom stereocenters. The summed E-state index contributed by atoms with van der Waals surface area (Å²) in [5.74, 6) is -0.986. The number of alkyl halides is 3. The molecule has 138 valence electrons. The second-order valence-electron chi connectivity index (χ2n) is 5.99. The Labute approximate surface area is 153 Å². The number of benzene rings is 2. The summed E-state index contributed by atoms with van der Waals surface area (Å²) in [4.78, 5) is 14.8. The van der Waals surface area contributed by atoms with Crippen LogP contribution in [0.5, 0.6) is 0 Å². The first-order valence-electron chi connectivity index (χ1n) is 7.96. The maximum atomic E-state index is 12.9. The van der Waals surface area contributed by atoms with Crippen molar-refractivity contribution < 1.29 is 23.1 Å². The molecule has 1 aliphatic heterocycles. The van der Waals surface area contributed by atoms with E-state index < -0.39 is 17.7 Å². The lowest BCUT2D eigenvalue weighted by Crippen LogP contribution is -2.46. The highest BCUT2D eigenvalue weighted by Gasteiger charge is 2.32. The smallest absolute Gasteiger partial charge is 0.416 e. The third-order valence-electron chi connectivity index (χ3n) is 4.37. The largest absolute Gasteiger partial charge is 0.478 e. The van der Waals surface area contributed by atoms with Gasteiger partial charge in [0.1, 0.15) is 0 Å². The van der Waals surface area contributed by atoms with Crippen LogP contribution in [-0.2, 0) is 6.18 Å². The van der Waals surface area contributed by atoms with Crippen LogP contribution >= 0.6 is 11.6 Å². The molecular formula is C18H16ClF3N2O2. The van der Waals surface area contributed by atoms with Gasteiger partial charge >= 0.3 is 12.1 Å². The van der Waals surface area contributed by atoms with Crippen LogP contribution in [0.15, 0.2) is 42.5 Å². The molecule has 0 bridgehead atoms. The van der Waals surface area contributed by atoms with Gasteiger partial charge in [-0.3, -0.25) is 0 Å². The van der Waals surface area contributed by atoms with Crippen molar-refractivity contribution in [2.24, 2.45) is 0 Å². The Balaban J connectivity index is 1.71. The summed E-state index contributed by atoms with van der Waals surface area (Å²) < 4.78 is 38.8. The quantitative estimate of drug-likeness (QED) is 0.852. The number of hydrogen-bond donors (Lipinski definition) is 1. The average Bonchev–Trinajstić information content (AvgIpc) is 2.61. The van der Waals surface area contributed by atoms with Crippen molar-refractivity contribution in [3.63, 3.8) is 0 Å². The molecular weight excluding hydrogens is 369 g/mol. The van der Waals surface area contributed by atoms with Crippen molar-refractivity contribution in [1.82, 2.24) is 0 Å². The number of carboxylic acids is 1. The summed E-state index contributed by atoms with van der Waals surface area (Å²) in [6.45, 7) is 2.22. The Hall–Kier alpha value is -2.41. The standard InChI is InChI=1S/C18H16ClF3N2O2/c19-15-6-3-13(18(20,21)22)11-16(15)24-9-7-23(8-10-24)14-4-1-12(2-5-14)17(25)26/h1-6,11H,7-10H2,(H,25,26). The zero-order valence-electron chi connectivity index (χ0n) is 13.6. The van der Waals surface area contributed by atoms with E-state index in [9.17, 15) is 18.0 Å². The number of hydrogen-bond acceptors (Lipinski definition) is 3. The minimum Gasteiger partial charge on any atom is -0.478 e. The van der Waals surface area contributed by atoms with Crippen molar-refractivity contribution in [3.05, 3.63) is 58.6 Å². The summed E-state index contributed by atoms with van der Waals surface area (Å²) in [7, 11) is 0. The average molecular weight is 385 g/mol. The van der Waals surface area contributed by atoms with E-state index in [1.807, 2.05) is 4.90 Å². The number of anilines is 2. The van der Waals surface area contributed by atoms with E-state index in [4.69, 9.17) is 16.7 Å². The fourth-order valence-electron chi connectivity index (χ4n) is 2.95. The number of carbonyl (C=O) groups is 1. The molecule has 1 saturated heterocycles. The van der Waals surface area contributed by atoms with E-state index in [2.05, 4.69) is 4.90 Å². The Kier molecular flexibility index (Phi) is 5.00. The number of rotatable bonds is 3. The SMILES string of the molecule is O=C(O)c1ccc(N2CCN(c3cc(C(F)(F)F)ccc3Cl)CC2)cc1. The molecule has 0 spiro atoms. The van der Waals surface area contributed by atoms with Gasteiger partial charge in [-0.1, -0.05) is 11.6 Å². The summed E-state index contributed by atoms with van der Waals surface area (Å²) in [5.41, 5.74) is 0.749. The number of nitrogens with zero attached hydrogens (tertiary/aromatic N) is 2. The van der Waals surface area contributed by atoms with Crippen molar-refractivity contribution >= 4 is 28.9 Å². The zero-order valence-corrected chi connectivity index (χ0v) is 14.4. The van der Waals surface area contributed by atoms with E-state index in [1.165, 1.54) is 18.2 Å². The van der Waals surface area contributed by atoms with Gasteiger partial charge in [0.2, 0.25) is 0 Å². The first kappa shape index (κ1) is 18.4. The lowest BCUT2D eigenvalue weighted by molar-refractivity contribution is -0.137. The molecule has 1 aliphatic rings. The normalized spacial score (nSPS) is 15.2. The van der Waals surface area contributed by atoms with Crippen LogP contribution in [0.2, 0.25) is 5.02 Å². The topological polar surface area (TPSA) is 43.8 Å². The van der Waals surface area contributed by atoms with E-state index in [0.717, 1.165) is 17.8 Å². The second-order valence-corrected chi connectivity index (χ2v) is 6.40. The van der Waals surface area contributed by atoms with E-state index >= 15 is 0 Å². The summed E-state index contributed by atoms with van der Waals surface area (Å²) in [6, 6.07) is 9.87.